The minimum atomic E-state index is -0.149. The minimum absolute atomic E-state index is 0.121. The van der Waals surface area contributed by atoms with Gasteiger partial charge in [-0.05, 0) is 12.0 Å². The molecule has 1 aromatic carbocycles. The van der Waals surface area contributed by atoms with Gasteiger partial charge in [-0.2, -0.15) is 0 Å². The van der Waals surface area contributed by atoms with E-state index in [1.54, 1.807) is 0 Å². The average molecular weight is 260 g/mol. The SMILES string of the molecule is C=C[C@@H](C)[C@@H](OCc1ccccc1)[C@@H]1CCC(=O)O1. The van der Waals surface area contributed by atoms with Crippen molar-refractivity contribution in [3.05, 3.63) is 48.6 Å². The molecule has 1 aliphatic rings. The number of hydrogen-bond acceptors (Lipinski definition) is 3. The maximum absolute atomic E-state index is 11.2. The molecular weight excluding hydrogens is 240 g/mol. The predicted octanol–water partition coefficient (Wildman–Crippen LogP) is 3.10. The standard InChI is InChI=1S/C16H20O3/c1-3-12(2)16(14-9-10-15(17)19-14)18-11-13-7-5-4-6-8-13/h3-8,12,14,16H,1,9-11H2,2H3/t12-,14+,16-/m1/s1. The first-order chi connectivity index (χ1) is 9.20. The van der Waals surface area contributed by atoms with Crippen LogP contribution in [0.25, 0.3) is 0 Å². The van der Waals surface area contributed by atoms with Crippen molar-refractivity contribution in [1.82, 2.24) is 0 Å². The van der Waals surface area contributed by atoms with Gasteiger partial charge in [0.25, 0.3) is 0 Å². The van der Waals surface area contributed by atoms with Gasteiger partial charge in [0.15, 0.2) is 0 Å². The van der Waals surface area contributed by atoms with Crippen LogP contribution in [0.15, 0.2) is 43.0 Å². The third-order valence-electron chi connectivity index (χ3n) is 3.46. The Morgan fingerprint density at radius 1 is 1.47 bits per heavy atom. The van der Waals surface area contributed by atoms with Gasteiger partial charge in [0.2, 0.25) is 0 Å². The lowest BCUT2D eigenvalue weighted by Gasteiger charge is -2.26. The first-order valence-corrected chi connectivity index (χ1v) is 6.68. The highest BCUT2D eigenvalue weighted by atomic mass is 16.6. The average Bonchev–Trinajstić information content (AvgIpc) is 2.86. The second kappa shape index (κ2) is 6.53. The van der Waals surface area contributed by atoms with Crippen molar-refractivity contribution in [2.45, 2.75) is 38.6 Å². The summed E-state index contributed by atoms with van der Waals surface area (Å²) in [5.41, 5.74) is 1.12. The number of ether oxygens (including phenoxy) is 2. The highest BCUT2D eigenvalue weighted by molar-refractivity contribution is 5.71. The summed E-state index contributed by atoms with van der Waals surface area (Å²) in [4.78, 5) is 11.2. The van der Waals surface area contributed by atoms with Crippen LogP contribution < -0.4 is 0 Å². The van der Waals surface area contributed by atoms with E-state index in [4.69, 9.17) is 9.47 Å². The van der Waals surface area contributed by atoms with E-state index in [2.05, 4.69) is 6.58 Å². The number of esters is 1. The lowest BCUT2D eigenvalue weighted by atomic mass is 9.98. The molecule has 1 saturated heterocycles. The molecule has 3 heteroatoms. The van der Waals surface area contributed by atoms with Gasteiger partial charge in [0.1, 0.15) is 12.2 Å². The molecule has 2 rings (SSSR count). The van der Waals surface area contributed by atoms with E-state index < -0.39 is 0 Å². The van der Waals surface area contributed by atoms with E-state index in [-0.39, 0.29) is 24.1 Å². The molecule has 1 heterocycles. The van der Waals surface area contributed by atoms with Gasteiger partial charge in [-0.1, -0.05) is 43.3 Å². The molecule has 0 amide bonds. The predicted molar refractivity (Wildman–Crippen MR) is 73.5 cm³/mol. The fraction of sp³-hybridized carbons (Fsp3) is 0.438. The quantitative estimate of drug-likeness (QED) is 0.582. The summed E-state index contributed by atoms with van der Waals surface area (Å²) >= 11 is 0. The van der Waals surface area contributed by atoms with E-state index in [0.717, 1.165) is 12.0 Å². The molecular formula is C16H20O3. The van der Waals surface area contributed by atoms with Crippen molar-refractivity contribution < 1.29 is 14.3 Å². The molecule has 0 unspecified atom stereocenters. The van der Waals surface area contributed by atoms with Crippen LogP contribution in [0.3, 0.4) is 0 Å². The smallest absolute Gasteiger partial charge is 0.306 e. The molecule has 19 heavy (non-hydrogen) atoms. The molecule has 0 bridgehead atoms. The summed E-state index contributed by atoms with van der Waals surface area (Å²) in [7, 11) is 0. The van der Waals surface area contributed by atoms with Gasteiger partial charge in [-0.15, -0.1) is 6.58 Å². The minimum Gasteiger partial charge on any atom is -0.460 e. The van der Waals surface area contributed by atoms with Crippen LogP contribution in [-0.4, -0.2) is 18.2 Å². The molecule has 1 fully saturated rings. The monoisotopic (exact) mass is 260 g/mol. The fourth-order valence-corrected chi connectivity index (χ4v) is 2.28. The lowest BCUT2D eigenvalue weighted by molar-refractivity contribution is -0.149. The molecule has 0 N–H and O–H groups in total. The van der Waals surface area contributed by atoms with Gasteiger partial charge in [0.05, 0.1) is 6.61 Å². The summed E-state index contributed by atoms with van der Waals surface area (Å²) in [5, 5.41) is 0. The fourth-order valence-electron chi connectivity index (χ4n) is 2.28. The Morgan fingerprint density at radius 3 is 2.79 bits per heavy atom. The summed E-state index contributed by atoms with van der Waals surface area (Å²) in [6.45, 7) is 6.37. The number of cyclic esters (lactones) is 1. The van der Waals surface area contributed by atoms with Crippen molar-refractivity contribution in [3.63, 3.8) is 0 Å². The molecule has 0 radical (unpaired) electrons. The molecule has 1 aliphatic heterocycles. The van der Waals surface area contributed by atoms with Crippen LogP contribution in [0.2, 0.25) is 0 Å². The first-order valence-electron chi connectivity index (χ1n) is 6.68. The number of carbonyl (C=O) groups is 1. The van der Waals surface area contributed by atoms with Gasteiger partial charge in [-0.3, -0.25) is 4.79 Å². The van der Waals surface area contributed by atoms with E-state index in [1.165, 1.54) is 0 Å². The molecule has 1 aromatic rings. The number of carbonyl (C=O) groups excluding carboxylic acids is 1. The Hall–Kier alpha value is -1.61. The van der Waals surface area contributed by atoms with Gasteiger partial charge < -0.3 is 9.47 Å². The third kappa shape index (κ3) is 3.67. The highest BCUT2D eigenvalue weighted by Gasteiger charge is 2.34. The Labute approximate surface area is 114 Å². The molecule has 0 saturated carbocycles. The van der Waals surface area contributed by atoms with Crippen LogP contribution >= 0.6 is 0 Å². The largest absolute Gasteiger partial charge is 0.460 e. The number of rotatable bonds is 6. The van der Waals surface area contributed by atoms with Crippen LogP contribution in [0.5, 0.6) is 0 Å². The van der Waals surface area contributed by atoms with Gasteiger partial charge >= 0.3 is 5.97 Å². The van der Waals surface area contributed by atoms with Crippen molar-refractivity contribution in [2.75, 3.05) is 0 Å². The molecule has 3 nitrogen and oxygen atoms in total. The zero-order chi connectivity index (χ0) is 13.7. The maximum atomic E-state index is 11.2. The normalized spacial score (nSPS) is 21.7. The maximum Gasteiger partial charge on any atom is 0.306 e. The summed E-state index contributed by atoms with van der Waals surface area (Å²) in [6.07, 6.45) is 2.80. The van der Waals surface area contributed by atoms with Crippen LogP contribution in [-0.2, 0) is 20.9 Å². The lowest BCUT2D eigenvalue weighted by Crippen LogP contribution is -2.34. The zero-order valence-electron chi connectivity index (χ0n) is 11.2. The highest BCUT2D eigenvalue weighted by Crippen LogP contribution is 2.25. The first kappa shape index (κ1) is 13.8. The van der Waals surface area contributed by atoms with Crippen molar-refractivity contribution >= 4 is 5.97 Å². The van der Waals surface area contributed by atoms with Crippen LogP contribution in [0.4, 0.5) is 0 Å². The topological polar surface area (TPSA) is 35.5 Å². The second-order valence-electron chi connectivity index (χ2n) is 4.92. The molecule has 3 atom stereocenters. The van der Waals surface area contributed by atoms with Gasteiger partial charge in [-0.25, -0.2) is 0 Å². The van der Waals surface area contributed by atoms with Crippen molar-refractivity contribution in [1.29, 1.82) is 0 Å². The van der Waals surface area contributed by atoms with Crippen molar-refractivity contribution in [3.8, 4) is 0 Å². The summed E-state index contributed by atoms with van der Waals surface area (Å²) in [5.74, 6) is 0.0224. The van der Waals surface area contributed by atoms with E-state index in [9.17, 15) is 4.79 Å². The molecule has 102 valence electrons. The molecule has 0 aliphatic carbocycles. The zero-order valence-corrected chi connectivity index (χ0v) is 11.2. The molecule has 0 aromatic heterocycles. The van der Waals surface area contributed by atoms with Crippen LogP contribution in [0, 0.1) is 5.92 Å². The Bertz CT molecular complexity index is 427. The molecule has 0 spiro atoms. The van der Waals surface area contributed by atoms with Crippen molar-refractivity contribution in [2.24, 2.45) is 5.92 Å². The summed E-state index contributed by atoms with van der Waals surface area (Å²) in [6, 6.07) is 10.00. The Morgan fingerprint density at radius 2 is 2.21 bits per heavy atom. The van der Waals surface area contributed by atoms with E-state index in [0.29, 0.717) is 13.0 Å². The Balaban J connectivity index is 1.98. The van der Waals surface area contributed by atoms with E-state index in [1.807, 2.05) is 43.3 Å². The van der Waals surface area contributed by atoms with E-state index >= 15 is 0 Å². The number of benzene rings is 1. The second-order valence-corrected chi connectivity index (χ2v) is 4.92. The third-order valence-corrected chi connectivity index (χ3v) is 3.46. The van der Waals surface area contributed by atoms with Crippen LogP contribution in [0.1, 0.15) is 25.3 Å². The Kier molecular flexibility index (Phi) is 4.74. The van der Waals surface area contributed by atoms with Gasteiger partial charge in [0, 0.05) is 12.3 Å². The number of hydrogen-bond donors (Lipinski definition) is 0. The summed E-state index contributed by atoms with van der Waals surface area (Å²) < 4.78 is 11.3.